The van der Waals surface area contributed by atoms with E-state index in [1.165, 1.54) is 23.2 Å². The summed E-state index contributed by atoms with van der Waals surface area (Å²) in [6.07, 6.45) is 3.79. The highest BCUT2D eigenvalue weighted by molar-refractivity contribution is 5.84. The number of nitrogens with one attached hydrogen (secondary N) is 1. The molecule has 6 nitrogen and oxygen atoms in total. The van der Waals surface area contributed by atoms with Gasteiger partial charge in [-0.2, -0.15) is 0 Å². The second-order valence-corrected chi connectivity index (χ2v) is 7.35. The summed E-state index contributed by atoms with van der Waals surface area (Å²) in [7, 11) is 0. The molecule has 1 saturated heterocycles. The van der Waals surface area contributed by atoms with Crippen LogP contribution in [-0.4, -0.2) is 56.1 Å². The molecule has 2 amide bonds. The first kappa shape index (κ1) is 17.3. The van der Waals surface area contributed by atoms with E-state index in [1.54, 1.807) is 4.90 Å². The number of carbonyl (C=O) groups excluding carboxylic acids is 2. The summed E-state index contributed by atoms with van der Waals surface area (Å²) in [4.78, 5) is 28.9. The molecule has 4 rings (SSSR count). The van der Waals surface area contributed by atoms with E-state index in [0.717, 1.165) is 25.9 Å². The van der Waals surface area contributed by atoms with Gasteiger partial charge in [0.25, 0.3) is 0 Å². The second-order valence-electron chi connectivity index (χ2n) is 7.35. The Morgan fingerprint density at radius 1 is 1.12 bits per heavy atom. The smallest absolute Gasteiger partial charge is 0.223 e. The van der Waals surface area contributed by atoms with Crippen molar-refractivity contribution >= 4 is 17.5 Å². The average molecular weight is 357 g/mol. The minimum absolute atomic E-state index is 0.0292. The Kier molecular flexibility index (Phi) is 5.11. The molecule has 3 aliphatic rings. The Balaban J connectivity index is 1.35. The quantitative estimate of drug-likeness (QED) is 0.890. The zero-order valence-corrected chi connectivity index (χ0v) is 15.2. The van der Waals surface area contributed by atoms with Crippen molar-refractivity contribution in [3.8, 4) is 0 Å². The van der Waals surface area contributed by atoms with Gasteiger partial charge >= 0.3 is 0 Å². The zero-order chi connectivity index (χ0) is 17.9. The van der Waals surface area contributed by atoms with E-state index >= 15 is 0 Å². The molecule has 3 heterocycles. The van der Waals surface area contributed by atoms with Crippen molar-refractivity contribution < 1.29 is 14.3 Å². The molecule has 1 aromatic carbocycles. The van der Waals surface area contributed by atoms with Crippen LogP contribution in [0.5, 0.6) is 0 Å². The van der Waals surface area contributed by atoms with Crippen LogP contribution in [0, 0.1) is 0 Å². The number of anilines is 1. The lowest BCUT2D eigenvalue weighted by atomic mass is 9.89. The highest BCUT2D eigenvalue weighted by Gasteiger charge is 2.30. The SMILES string of the molecule is O=C(CCC(=O)N1CCOCC1)NC1CCN2CCCc3cccc1c32. The predicted molar refractivity (Wildman–Crippen MR) is 99.1 cm³/mol. The van der Waals surface area contributed by atoms with E-state index < -0.39 is 0 Å². The summed E-state index contributed by atoms with van der Waals surface area (Å²) < 4.78 is 5.26. The van der Waals surface area contributed by atoms with Crippen LogP contribution in [0.3, 0.4) is 0 Å². The van der Waals surface area contributed by atoms with Crippen LogP contribution in [-0.2, 0) is 20.7 Å². The number of ether oxygens (including phenoxy) is 1. The number of morpholine rings is 1. The molecule has 0 aromatic heterocycles. The van der Waals surface area contributed by atoms with Crippen LogP contribution in [0.4, 0.5) is 5.69 Å². The van der Waals surface area contributed by atoms with E-state index in [0.29, 0.717) is 26.3 Å². The topological polar surface area (TPSA) is 61.9 Å². The second kappa shape index (κ2) is 7.66. The first-order valence-corrected chi connectivity index (χ1v) is 9.74. The molecule has 6 heteroatoms. The van der Waals surface area contributed by atoms with Crippen LogP contribution in [0.1, 0.15) is 42.9 Å². The van der Waals surface area contributed by atoms with Gasteiger partial charge in [0, 0.05) is 44.7 Å². The normalized spacial score (nSPS) is 21.9. The van der Waals surface area contributed by atoms with Gasteiger partial charge in [-0.3, -0.25) is 9.59 Å². The minimum atomic E-state index is -0.0292. The lowest BCUT2D eigenvalue weighted by molar-refractivity contribution is -0.137. The molecule has 0 spiro atoms. The van der Waals surface area contributed by atoms with Crippen molar-refractivity contribution in [1.29, 1.82) is 0 Å². The van der Waals surface area contributed by atoms with Crippen molar-refractivity contribution in [2.45, 2.75) is 38.1 Å². The Morgan fingerprint density at radius 2 is 1.96 bits per heavy atom. The highest BCUT2D eigenvalue weighted by Crippen LogP contribution is 2.39. The van der Waals surface area contributed by atoms with Gasteiger partial charge in [-0.25, -0.2) is 0 Å². The van der Waals surface area contributed by atoms with Crippen molar-refractivity contribution in [1.82, 2.24) is 10.2 Å². The van der Waals surface area contributed by atoms with Crippen LogP contribution < -0.4 is 10.2 Å². The number of para-hydroxylation sites is 1. The van der Waals surface area contributed by atoms with Gasteiger partial charge in [0.05, 0.1) is 19.3 Å². The fraction of sp³-hybridized carbons (Fsp3) is 0.600. The van der Waals surface area contributed by atoms with E-state index in [-0.39, 0.29) is 30.7 Å². The van der Waals surface area contributed by atoms with Gasteiger partial charge in [-0.15, -0.1) is 0 Å². The molecule has 0 radical (unpaired) electrons. The summed E-state index contributed by atoms with van der Waals surface area (Å²) in [5.74, 6) is 0.0221. The highest BCUT2D eigenvalue weighted by atomic mass is 16.5. The molecule has 140 valence electrons. The molecular formula is C20H27N3O3. The average Bonchev–Trinajstić information content (AvgIpc) is 2.69. The van der Waals surface area contributed by atoms with Crippen molar-refractivity contribution in [2.75, 3.05) is 44.3 Å². The maximum atomic E-state index is 12.4. The van der Waals surface area contributed by atoms with Crippen LogP contribution in [0.2, 0.25) is 0 Å². The Hall–Kier alpha value is -2.08. The van der Waals surface area contributed by atoms with Crippen molar-refractivity contribution in [2.24, 2.45) is 0 Å². The third-order valence-corrected chi connectivity index (χ3v) is 5.67. The van der Waals surface area contributed by atoms with Crippen molar-refractivity contribution in [3.63, 3.8) is 0 Å². The van der Waals surface area contributed by atoms with Crippen molar-refractivity contribution in [3.05, 3.63) is 29.3 Å². The summed E-state index contributed by atoms with van der Waals surface area (Å²) in [6, 6.07) is 6.51. The van der Waals surface area contributed by atoms with Crippen LogP contribution in [0.15, 0.2) is 18.2 Å². The van der Waals surface area contributed by atoms with E-state index in [9.17, 15) is 9.59 Å². The molecular weight excluding hydrogens is 330 g/mol. The third kappa shape index (κ3) is 3.56. The summed E-state index contributed by atoms with van der Waals surface area (Å²) in [6.45, 7) is 4.55. The first-order valence-electron chi connectivity index (χ1n) is 9.74. The fourth-order valence-corrected chi connectivity index (χ4v) is 4.32. The first-order chi connectivity index (χ1) is 12.7. The number of rotatable bonds is 4. The number of hydrogen-bond acceptors (Lipinski definition) is 4. The van der Waals surface area contributed by atoms with Crippen LogP contribution >= 0.6 is 0 Å². The molecule has 0 saturated carbocycles. The van der Waals surface area contributed by atoms with E-state index in [2.05, 4.69) is 28.4 Å². The van der Waals surface area contributed by atoms with Gasteiger partial charge in [0.1, 0.15) is 0 Å². The zero-order valence-electron chi connectivity index (χ0n) is 15.2. The number of benzene rings is 1. The number of nitrogens with zero attached hydrogens (tertiary/aromatic N) is 2. The van der Waals surface area contributed by atoms with E-state index in [4.69, 9.17) is 4.74 Å². The molecule has 1 atom stereocenters. The molecule has 1 fully saturated rings. The summed E-state index contributed by atoms with van der Waals surface area (Å²) in [5.41, 5.74) is 3.97. The number of carbonyl (C=O) groups is 2. The molecule has 0 bridgehead atoms. The lowest BCUT2D eigenvalue weighted by Crippen LogP contribution is -2.42. The van der Waals surface area contributed by atoms with Crippen LogP contribution in [0.25, 0.3) is 0 Å². The molecule has 0 aliphatic carbocycles. The molecule has 1 unspecified atom stereocenters. The number of hydrogen-bond donors (Lipinski definition) is 1. The van der Waals surface area contributed by atoms with Gasteiger partial charge in [0.15, 0.2) is 0 Å². The largest absolute Gasteiger partial charge is 0.378 e. The lowest BCUT2D eigenvalue weighted by Gasteiger charge is -2.40. The maximum Gasteiger partial charge on any atom is 0.223 e. The Labute approximate surface area is 154 Å². The fourth-order valence-electron chi connectivity index (χ4n) is 4.32. The van der Waals surface area contributed by atoms with Gasteiger partial charge < -0.3 is 19.9 Å². The molecule has 1 N–H and O–H groups in total. The molecule has 26 heavy (non-hydrogen) atoms. The number of aryl methyl sites for hydroxylation is 1. The maximum absolute atomic E-state index is 12.4. The molecule has 3 aliphatic heterocycles. The Morgan fingerprint density at radius 3 is 2.81 bits per heavy atom. The standard InChI is InChI=1S/C20H27N3O3/c24-18(6-7-19(25)22-11-13-26-14-12-22)21-17-8-10-23-9-2-4-15-3-1-5-16(17)20(15)23/h1,3,5,17H,2,4,6-14H2,(H,21,24). The molecule has 1 aromatic rings. The van der Waals surface area contributed by atoms with Gasteiger partial charge in [-0.1, -0.05) is 18.2 Å². The van der Waals surface area contributed by atoms with E-state index in [1.807, 2.05) is 0 Å². The van der Waals surface area contributed by atoms with Gasteiger partial charge in [0.2, 0.25) is 11.8 Å². The summed E-state index contributed by atoms with van der Waals surface area (Å²) in [5, 5.41) is 3.17. The Bertz CT molecular complexity index is 685. The van der Waals surface area contributed by atoms with Gasteiger partial charge in [-0.05, 0) is 30.4 Å². The monoisotopic (exact) mass is 357 g/mol. The number of amides is 2. The predicted octanol–water partition coefficient (Wildman–Crippen LogP) is 1.64. The minimum Gasteiger partial charge on any atom is -0.378 e. The summed E-state index contributed by atoms with van der Waals surface area (Å²) >= 11 is 0. The third-order valence-electron chi connectivity index (χ3n) is 5.67.